The summed E-state index contributed by atoms with van der Waals surface area (Å²) in [5, 5.41) is 28.0. The van der Waals surface area contributed by atoms with Gasteiger partial charge in [-0.05, 0) is 42.3 Å². The fraction of sp³-hybridized carbons (Fsp3) is 0.167. The minimum absolute atomic E-state index is 0.0235. The zero-order valence-electron chi connectivity index (χ0n) is 13.7. The van der Waals surface area contributed by atoms with Crippen LogP contribution in [-0.4, -0.2) is 19.8 Å². The van der Waals surface area contributed by atoms with Crippen LogP contribution in [0.2, 0.25) is 0 Å². The van der Waals surface area contributed by atoms with Crippen molar-refractivity contribution in [3.63, 3.8) is 0 Å². The topological polar surface area (TPSA) is 93.2 Å². The molecule has 0 unspecified atom stereocenters. The van der Waals surface area contributed by atoms with Crippen LogP contribution in [-0.2, 0) is 13.2 Å². The van der Waals surface area contributed by atoms with Crippen LogP contribution in [0.3, 0.4) is 0 Å². The van der Waals surface area contributed by atoms with Gasteiger partial charge in [0.05, 0.1) is 22.9 Å². The molecule has 0 fully saturated rings. The average molecular weight is 338 g/mol. The molecule has 2 N–H and O–H groups in total. The Labute approximate surface area is 144 Å². The predicted octanol–water partition coefficient (Wildman–Crippen LogP) is 3.19. The van der Waals surface area contributed by atoms with Crippen LogP contribution >= 0.6 is 0 Å². The average Bonchev–Trinajstić information content (AvgIpc) is 3.06. The van der Waals surface area contributed by atoms with Gasteiger partial charge in [0, 0.05) is 18.8 Å². The van der Waals surface area contributed by atoms with Crippen molar-refractivity contribution in [1.82, 2.24) is 9.78 Å². The van der Waals surface area contributed by atoms with Gasteiger partial charge in [-0.25, -0.2) is 4.68 Å². The SMILES string of the molecule is Cc1ccn(-c2ccccc2CNc2cc(CO)ccc2[N+](=O)[O-])n1. The number of anilines is 1. The fourth-order valence-corrected chi connectivity index (χ4v) is 2.61. The molecule has 0 amide bonds. The van der Waals surface area contributed by atoms with E-state index in [2.05, 4.69) is 10.4 Å². The molecule has 0 aliphatic heterocycles. The Balaban J connectivity index is 1.89. The van der Waals surface area contributed by atoms with Crippen molar-refractivity contribution in [2.24, 2.45) is 0 Å². The number of hydrogen-bond acceptors (Lipinski definition) is 5. The molecule has 2 aromatic carbocycles. The Bertz CT molecular complexity index is 905. The number of rotatable bonds is 6. The number of nitrogens with one attached hydrogen (secondary N) is 1. The molecule has 0 radical (unpaired) electrons. The number of aryl methyl sites for hydroxylation is 1. The highest BCUT2D eigenvalue weighted by atomic mass is 16.6. The summed E-state index contributed by atoms with van der Waals surface area (Å²) >= 11 is 0. The van der Waals surface area contributed by atoms with Gasteiger partial charge in [-0.15, -0.1) is 0 Å². The van der Waals surface area contributed by atoms with Gasteiger partial charge in [-0.3, -0.25) is 10.1 Å². The second kappa shape index (κ2) is 7.14. The molecular weight excluding hydrogens is 320 g/mol. The zero-order chi connectivity index (χ0) is 17.8. The van der Waals surface area contributed by atoms with Crippen molar-refractivity contribution in [1.29, 1.82) is 0 Å². The van der Waals surface area contributed by atoms with E-state index in [0.717, 1.165) is 16.9 Å². The summed E-state index contributed by atoms with van der Waals surface area (Å²) in [6, 6.07) is 14.2. The van der Waals surface area contributed by atoms with Gasteiger partial charge in [-0.2, -0.15) is 5.10 Å². The molecule has 0 aliphatic carbocycles. The Morgan fingerprint density at radius 3 is 2.72 bits per heavy atom. The molecule has 7 nitrogen and oxygen atoms in total. The van der Waals surface area contributed by atoms with Gasteiger partial charge in [0.15, 0.2) is 0 Å². The number of aromatic nitrogens is 2. The molecule has 0 spiro atoms. The lowest BCUT2D eigenvalue weighted by Crippen LogP contribution is -2.07. The van der Waals surface area contributed by atoms with Gasteiger partial charge in [0.25, 0.3) is 5.69 Å². The van der Waals surface area contributed by atoms with Crippen LogP contribution in [0.5, 0.6) is 0 Å². The number of hydrogen-bond donors (Lipinski definition) is 2. The third-order valence-electron chi connectivity index (χ3n) is 3.87. The lowest BCUT2D eigenvalue weighted by atomic mass is 10.1. The standard InChI is InChI=1S/C18H18N4O3/c1-13-8-9-21(20-13)17-5-3-2-4-15(17)11-19-16-10-14(12-23)6-7-18(16)22(24)25/h2-10,19,23H,11-12H2,1H3. The van der Waals surface area contributed by atoms with E-state index in [9.17, 15) is 15.2 Å². The second-order valence-corrected chi connectivity index (χ2v) is 5.65. The molecule has 1 aromatic heterocycles. The van der Waals surface area contributed by atoms with Crippen molar-refractivity contribution in [3.8, 4) is 5.69 Å². The van der Waals surface area contributed by atoms with Crippen molar-refractivity contribution < 1.29 is 10.0 Å². The summed E-state index contributed by atoms with van der Waals surface area (Å²) in [6.07, 6.45) is 1.88. The van der Waals surface area contributed by atoms with Gasteiger partial charge in [0.2, 0.25) is 0 Å². The minimum atomic E-state index is -0.438. The smallest absolute Gasteiger partial charge is 0.292 e. The quantitative estimate of drug-likeness (QED) is 0.532. The highest BCUT2D eigenvalue weighted by Gasteiger charge is 2.14. The maximum atomic E-state index is 11.2. The number of para-hydroxylation sites is 1. The molecule has 0 saturated carbocycles. The first-order chi connectivity index (χ1) is 12.1. The van der Waals surface area contributed by atoms with Crippen molar-refractivity contribution in [2.75, 3.05) is 5.32 Å². The largest absolute Gasteiger partial charge is 0.392 e. The molecule has 0 bridgehead atoms. The van der Waals surface area contributed by atoms with Crippen LogP contribution in [0, 0.1) is 17.0 Å². The van der Waals surface area contributed by atoms with E-state index in [4.69, 9.17) is 0 Å². The van der Waals surface area contributed by atoms with Gasteiger partial charge in [0.1, 0.15) is 5.69 Å². The van der Waals surface area contributed by atoms with E-state index in [1.54, 1.807) is 16.8 Å². The van der Waals surface area contributed by atoms with E-state index in [1.807, 2.05) is 43.5 Å². The zero-order valence-corrected chi connectivity index (χ0v) is 13.7. The molecule has 7 heteroatoms. The Hall–Kier alpha value is -3.19. The lowest BCUT2D eigenvalue weighted by Gasteiger charge is -2.12. The maximum absolute atomic E-state index is 11.2. The number of benzene rings is 2. The number of nitro benzene ring substituents is 1. The Morgan fingerprint density at radius 1 is 1.24 bits per heavy atom. The summed E-state index contributed by atoms with van der Waals surface area (Å²) in [7, 11) is 0. The first-order valence-corrected chi connectivity index (χ1v) is 7.81. The number of aliphatic hydroxyl groups excluding tert-OH is 1. The summed E-state index contributed by atoms with van der Waals surface area (Å²) in [6.45, 7) is 2.14. The van der Waals surface area contributed by atoms with Crippen molar-refractivity contribution in [2.45, 2.75) is 20.1 Å². The van der Waals surface area contributed by atoms with E-state index in [0.29, 0.717) is 17.8 Å². The number of nitro groups is 1. The van der Waals surface area contributed by atoms with Gasteiger partial charge < -0.3 is 10.4 Å². The highest BCUT2D eigenvalue weighted by molar-refractivity contribution is 5.63. The monoisotopic (exact) mass is 338 g/mol. The van der Waals surface area contributed by atoms with E-state index in [-0.39, 0.29) is 12.3 Å². The number of nitrogens with zero attached hydrogens (tertiary/aromatic N) is 3. The van der Waals surface area contributed by atoms with E-state index < -0.39 is 4.92 Å². The third-order valence-corrected chi connectivity index (χ3v) is 3.87. The minimum Gasteiger partial charge on any atom is -0.392 e. The molecule has 25 heavy (non-hydrogen) atoms. The predicted molar refractivity (Wildman–Crippen MR) is 94.6 cm³/mol. The molecule has 3 aromatic rings. The molecule has 128 valence electrons. The molecule has 0 aliphatic rings. The molecule has 1 heterocycles. The third kappa shape index (κ3) is 3.67. The Kier molecular flexibility index (Phi) is 4.76. The molecule has 3 rings (SSSR count). The highest BCUT2D eigenvalue weighted by Crippen LogP contribution is 2.27. The normalized spacial score (nSPS) is 10.6. The summed E-state index contributed by atoms with van der Waals surface area (Å²) < 4.78 is 1.78. The molecular formula is C18H18N4O3. The number of aliphatic hydroxyl groups is 1. The van der Waals surface area contributed by atoms with Crippen LogP contribution in [0.4, 0.5) is 11.4 Å². The molecule has 0 atom stereocenters. The van der Waals surface area contributed by atoms with Crippen LogP contribution in [0.1, 0.15) is 16.8 Å². The Morgan fingerprint density at radius 2 is 2.04 bits per heavy atom. The van der Waals surface area contributed by atoms with E-state index in [1.165, 1.54) is 6.07 Å². The fourth-order valence-electron chi connectivity index (χ4n) is 2.61. The summed E-state index contributed by atoms with van der Waals surface area (Å²) in [4.78, 5) is 10.8. The van der Waals surface area contributed by atoms with Crippen LogP contribution in [0.25, 0.3) is 5.69 Å². The summed E-state index contributed by atoms with van der Waals surface area (Å²) in [5.74, 6) is 0. The first-order valence-electron chi connectivity index (χ1n) is 7.81. The van der Waals surface area contributed by atoms with E-state index >= 15 is 0 Å². The van der Waals surface area contributed by atoms with Crippen LogP contribution in [0.15, 0.2) is 54.7 Å². The van der Waals surface area contributed by atoms with Gasteiger partial charge >= 0.3 is 0 Å². The lowest BCUT2D eigenvalue weighted by molar-refractivity contribution is -0.384. The van der Waals surface area contributed by atoms with Crippen LogP contribution < -0.4 is 5.32 Å². The van der Waals surface area contributed by atoms with Crippen molar-refractivity contribution >= 4 is 11.4 Å². The molecule has 0 saturated heterocycles. The second-order valence-electron chi connectivity index (χ2n) is 5.65. The summed E-state index contributed by atoms with van der Waals surface area (Å²) in [5.41, 5.74) is 3.74. The van der Waals surface area contributed by atoms with Crippen molar-refractivity contribution in [3.05, 3.63) is 81.7 Å². The maximum Gasteiger partial charge on any atom is 0.292 e. The van der Waals surface area contributed by atoms with Gasteiger partial charge in [-0.1, -0.05) is 18.2 Å². The first kappa shape index (κ1) is 16.7.